The van der Waals surface area contributed by atoms with Gasteiger partial charge in [-0.15, -0.1) is 0 Å². The molecule has 0 radical (unpaired) electrons. The van der Waals surface area contributed by atoms with Gasteiger partial charge in [0.2, 0.25) is 0 Å². The van der Waals surface area contributed by atoms with Crippen LogP contribution in [0.25, 0.3) is 17.0 Å². The molecule has 3 nitrogen and oxygen atoms in total. The van der Waals surface area contributed by atoms with Crippen molar-refractivity contribution in [2.24, 2.45) is 0 Å². The fourth-order valence-electron chi connectivity index (χ4n) is 1.63. The minimum atomic E-state index is -0.966. The van der Waals surface area contributed by atoms with E-state index in [0.29, 0.717) is 5.69 Å². The first-order valence-electron chi connectivity index (χ1n) is 5.04. The first-order chi connectivity index (χ1) is 8.06. The van der Waals surface area contributed by atoms with Crippen molar-refractivity contribution in [2.45, 2.75) is 6.92 Å². The van der Waals surface area contributed by atoms with Crippen molar-refractivity contribution in [3.63, 3.8) is 0 Å². The second-order valence-corrected chi connectivity index (χ2v) is 4.94. The second-order valence-electron chi connectivity index (χ2n) is 3.70. The molecule has 0 aliphatic carbocycles. The van der Waals surface area contributed by atoms with E-state index in [1.165, 1.54) is 6.08 Å². The zero-order valence-electron chi connectivity index (χ0n) is 9.14. The van der Waals surface area contributed by atoms with Crippen LogP contribution >= 0.6 is 22.6 Å². The van der Waals surface area contributed by atoms with E-state index in [-0.39, 0.29) is 0 Å². The second kappa shape index (κ2) is 4.83. The zero-order valence-corrected chi connectivity index (χ0v) is 11.3. The van der Waals surface area contributed by atoms with Gasteiger partial charge in [0.1, 0.15) is 0 Å². The fraction of sp³-hybridized carbons (Fsp3) is 0.0769. The number of fused-ring (bicyclic) bond motifs is 1. The van der Waals surface area contributed by atoms with Crippen molar-refractivity contribution in [2.75, 3.05) is 0 Å². The normalized spacial score (nSPS) is 11.2. The van der Waals surface area contributed by atoms with Crippen molar-refractivity contribution in [3.8, 4) is 0 Å². The number of hydrogen-bond acceptors (Lipinski definition) is 2. The van der Waals surface area contributed by atoms with Crippen LogP contribution < -0.4 is 0 Å². The Kier molecular flexibility index (Phi) is 3.42. The highest BCUT2D eigenvalue weighted by molar-refractivity contribution is 14.1. The molecule has 0 aliphatic heterocycles. The lowest BCUT2D eigenvalue weighted by atomic mass is 10.1. The third-order valence-electron chi connectivity index (χ3n) is 2.39. The Morgan fingerprint density at radius 1 is 1.41 bits per heavy atom. The van der Waals surface area contributed by atoms with E-state index in [4.69, 9.17) is 5.11 Å². The van der Waals surface area contributed by atoms with E-state index in [0.717, 1.165) is 26.1 Å². The molecule has 0 spiro atoms. The van der Waals surface area contributed by atoms with Crippen LogP contribution in [0.3, 0.4) is 0 Å². The molecule has 1 aromatic carbocycles. The summed E-state index contributed by atoms with van der Waals surface area (Å²) in [6.45, 7) is 2.00. The molecule has 1 heterocycles. The molecule has 0 amide bonds. The van der Waals surface area contributed by atoms with Crippen molar-refractivity contribution in [1.29, 1.82) is 0 Å². The highest BCUT2D eigenvalue weighted by atomic mass is 127. The van der Waals surface area contributed by atoms with Gasteiger partial charge in [0.15, 0.2) is 0 Å². The molecule has 0 fully saturated rings. The van der Waals surface area contributed by atoms with Gasteiger partial charge in [-0.3, -0.25) is 0 Å². The number of carboxylic acids is 1. The quantitative estimate of drug-likeness (QED) is 0.675. The minimum absolute atomic E-state index is 0.665. The van der Waals surface area contributed by atoms with Gasteiger partial charge in [0.25, 0.3) is 0 Å². The number of aryl methyl sites for hydroxylation is 1. The average molecular weight is 339 g/mol. The predicted octanol–water partition coefficient (Wildman–Crippen LogP) is 3.25. The lowest BCUT2D eigenvalue weighted by Gasteiger charge is -2.04. The summed E-state index contributed by atoms with van der Waals surface area (Å²) in [6.07, 6.45) is 2.60. The summed E-state index contributed by atoms with van der Waals surface area (Å²) in [5, 5.41) is 9.68. The Balaban J connectivity index is 2.56. The monoisotopic (exact) mass is 339 g/mol. The number of carboxylic acid groups (broad SMARTS) is 1. The average Bonchev–Trinajstić information content (AvgIpc) is 2.27. The molecule has 2 aromatic rings. The fourth-order valence-corrected chi connectivity index (χ4v) is 2.13. The zero-order chi connectivity index (χ0) is 12.4. The number of aliphatic carboxylic acids is 1. The molecule has 1 aromatic heterocycles. The maximum absolute atomic E-state index is 10.5. The summed E-state index contributed by atoms with van der Waals surface area (Å²) < 4.78 is 1.16. The molecule has 0 atom stereocenters. The molecule has 0 saturated carbocycles. The number of halogens is 1. The largest absolute Gasteiger partial charge is 0.478 e. The summed E-state index contributed by atoms with van der Waals surface area (Å²) in [5.74, 6) is -0.966. The predicted molar refractivity (Wildman–Crippen MR) is 75.9 cm³/mol. The maximum atomic E-state index is 10.5. The van der Waals surface area contributed by atoms with Gasteiger partial charge in [-0.2, -0.15) is 0 Å². The summed E-state index contributed by atoms with van der Waals surface area (Å²) >= 11 is 2.26. The summed E-state index contributed by atoms with van der Waals surface area (Å²) in [6, 6.07) is 7.89. The Morgan fingerprint density at radius 3 is 2.88 bits per heavy atom. The number of rotatable bonds is 2. The van der Waals surface area contributed by atoms with E-state index >= 15 is 0 Å². The van der Waals surface area contributed by atoms with Gasteiger partial charge in [0.05, 0.1) is 11.2 Å². The molecule has 0 saturated heterocycles. The van der Waals surface area contributed by atoms with Crippen LogP contribution in [0.1, 0.15) is 11.3 Å². The topological polar surface area (TPSA) is 50.2 Å². The van der Waals surface area contributed by atoms with Crippen molar-refractivity contribution >= 4 is 45.5 Å². The Labute approximate surface area is 112 Å². The highest BCUT2D eigenvalue weighted by Gasteiger charge is 2.02. The van der Waals surface area contributed by atoms with Crippen LogP contribution in [-0.2, 0) is 4.79 Å². The van der Waals surface area contributed by atoms with Crippen molar-refractivity contribution < 1.29 is 9.90 Å². The lowest BCUT2D eigenvalue weighted by molar-refractivity contribution is -0.131. The van der Waals surface area contributed by atoms with Gasteiger partial charge in [-0.25, -0.2) is 9.78 Å². The van der Waals surface area contributed by atoms with Crippen molar-refractivity contribution in [3.05, 3.63) is 45.2 Å². The van der Waals surface area contributed by atoms with E-state index in [1.807, 2.05) is 25.1 Å². The third kappa shape index (κ3) is 2.82. The van der Waals surface area contributed by atoms with Gasteiger partial charge in [0, 0.05) is 15.0 Å². The Hall–Kier alpha value is -1.43. The molecular formula is C13H10INO2. The van der Waals surface area contributed by atoms with Crippen LogP contribution in [-0.4, -0.2) is 16.1 Å². The summed E-state index contributed by atoms with van der Waals surface area (Å²) in [7, 11) is 0. The number of aromatic nitrogens is 1. The number of benzene rings is 1. The van der Waals surface area contributed by atoms with Crippen molar-refractivity contribution in [1.82, 2.24) is 4.98 Å². The Bertz CT molecular complexity index is 620. The van der Waals surface area contributed by atoms with E-state index < -0.39 is 5.97 Å². The molecule has 86 valence electrons. The van der Waals surface area contributed by atoms with E-state index in [2.05, 4.69) is 33.6 Å². The third-order valence-corrected chi connectivity index (χ3v) is 3.07. The van der Waals surface area contributed by atoms with E-state index in [1.54, 1.807) is 0 Å². The first kappa shape index (κ1) is 12.0. The molecule has 1 N–H and O–H groups in total. The maximum Gasteiger partial charge on any atom is 0.328 e. The van der Waals surface area contributed by atoms with Crippen LogP contribution in [0, 0.1) is 10.5 Å². The van der Waals surface area contributed by atoms with Gasteiger partial charge < -0.3 is 5.11 Å². The molecule has 2 rings (SSSR count). The minimum Gasteiger partial charge on any atom is -0.478 e. The number of carbonyl (C=O) groups is 1. The molecule has 4 heteroatoms. The van der Waals surface area contributed by atoms with E-state index in [9.17, 15) is 4.79 Å². The van der Waals surface area contributed by atoms with Gasteiger partial charge in [-0.1, -0.05) is 0 Å². The molecule has 0 aliphatic rings. The number of pyridine rings is 1. The van der Waals surface area contributed by atoms with Gasteiger partial charge in [-0.05, 0) is 65.4 Å². The number of hydrogen-bond donors (Lipinski definition) is 1. The smallest absolute Gasteiger partial charge is 0.328 e. The molecule has 0 unspecified atom stereocenters. The molecule has 0 bridgehead atoms. The highest BCUT2D eigenvalue weighted by Crippen LogP contribution is 2.20. The van der Waals surface area contributed by atoms with Crippen LogP contribution in [0.15, 0.2) is 30.3 Å². The SMILES string of the molecule is Cc1cc(/C=C/C(=O)O)nc2ccc(I)cc12. The van der Waals surface area contributed by atoms with Crippen LogP contribution in [0.2, 0.25) is 0 Å². The first-order valence-corrected chi connectivity index (χ1v) is 6.12. The van der Waals surface area contributed by atoms with Gasteiger partial charge >= 0.3 is 5.97 Å². The lowest BCUT2D eigenvalue weighted by Crippen LogP contribution is -1.90. The standard InChI is InChI=1S/C13H10INO2/c1-8-6-10(3-5-13(16)17)15-12-4-2-9(14)7-11(8)12/h2-7H,1H3,(H,16,17)/b5-3+. The summed E-state index contributed by atoms with van der Waals surface area (Å²) in [5.41, 5.74) is 2.65. The van der Waals surface area contributed by atoms with Crippen LogP contribution in [0.5, 0.6) is 0 Å². The Morgan fingerprint density at radius 2 is 2.18 bits per heavy atom. The summed E-state index contributed by atoms with van der Waals surface area (Å²) in [4.78, 5) is 14.8. The van der Waals surface area contributed by atoms with Crippen LogP contribution in [0.4, 0.5) is 0 Å². The molecule has 17 heavy (non-hydrogen) atoms. The number of nitrogens with zero attached hydrogens (tertiary/aromatic N) is 1. The molecular weight excluding hydrogens is 329 g/mol.